The van der Waals surface area contributed by atoms with Gasteiger partial charge < -0.3 is 0 Å². The van der Waals surface area contributed by atoms with E-state index in [-0.39, 0.29) is 0 Å². The molecule has 1 aliphatic carbocycles. The number of aromatic nitrogens is 1. The second kappa shape index (κ2) is 10.4. The van der Waals surface area contributed by atoms with E-state index in [2.05, 4.69) is 141 Å². The number of benzene rings is 6. The van der Waals surface area contributed by atoms with E-state index in [4.69, 9.17) is 4.98 Å². The molecule has 2 aromatic heterocycles. The molecule has 0 amide bonds. The Morgan fingerprint density at radius 1 is 0.644 bits per heavy atom. The lowest BCUT2D eigenvalue weighted by atomic mass is 9.83. The number of hydrogen-bond donors (Lipinski definition) is 0. The van der Waals surface area contributed by atoms with Crippen molar-refractivity contribution in [2.24, 2.45) is 5.92 Å². The molecule has 1 aliphatic rings. The monoisotopic (exact) mass is 595 g/mol. The first-order chi connectivity index (χ1) is 22.2. The van der Waals surface area contributed by atoms with Crippen LogP contribution in [0.1, 0.15) is 43.7 Å². The van der Waals surface area contributed by atoms with E-state index in [0.29, 0.717) is 11.8 Å². The predicted molar refractivity (Wildman–Crippen MR) is 194 cm³/mol. The topological polar surface area (TPSA) is 12.9 Å². The Morgan fingerprint density at radius 2 is 1.42 bits per heavy atom. The van der Waals surface area contributed by atoms with E-state index >= 15 is 0 Å². The second-order valence-corrected chi connectivity index (χ2v) is 13.7. The Labute approximate surface area is 267 Å². The third-order valence-electron chi connectivity index (χ3n) is 9.97. The molecule has 45 heavy (non-hydrogen) atoms. The quantitative estimate of drug-likeness (QED) is 0.193. The molecule has 0 saturated heterocycles. The number of pyridine rings is 1. The zero-order valence-electron chi connectivity index (χ0n) is 25.5. The van der Waals surface area contributed by atoms with Gasteiger partial charge in [0.2, 0.25) is 0 Å². The molecule has 0 N–H and O–H groups in total. The van der Waals surface area contributed by atoms with Crippen LogP contribution in [0.4, 0.5) is 0 Å². The lowest BCUT2D eigenvalue weighted by Crippen LogP contribution is -2.08. The predicted octanol–water partition coefficient (Wildman–Crippen LogP) is 12.6. The van der Waals surface area contributed by atoms with Crippen molar-refractivity contribution in [3.05, 3.63) is 139 Å². The van der Waals surface area contributed by atoms with Gasteiger partial charge in [0, 0.05) is 37.0 Å². The largest absolute Gasteiger partial charge is 0.247 e. The lowest BCUT2D eigenvalue weighted by molar-refractivity contribution is 0.474. The summed E-state index contributed by atoms with van der Waals surface area (Å²) < 4.78 is 2.62. The molecule has 2 unspecified atom stereocenters. The van der Waals surface area contributed by atoms with Gasteiger partial charge in [0.1, 0.15) is 0 Å². The maximum Gasteiger partial charge on any atom is 0.0808 e. The number of fused-ring (bicyclic) bond motifs is 10. The highest BCUT2D eigenvalue weighted by molar-refractivity contribution is 7.26. The van der Waals surface area contributed by atoms with E-state index in [1.807, 2.05) is 11.3 Å². The van der Waals surface area contributed by atoms with E-state index in [0.717, 1.165) is 11.2 Å². The van der Waals surface area contributed by atoms with Gasteiger partial charge in [-0.1, -0.05) is 136 Å². The third kappa shape index (κ3) is 4.09. The summed E-state index contributed by atoms with van der Waals surface area (Å²) in [5.41, 5.74) is 11.4. The summed E-state index contributed by atoms with van der Waals surface area (Å²) in [5, 5.41) is 6.35. The van der Waals surface area contributed by atoms with Crippen LogP contribution in [-0.4, -0.2) is 4.98 Å². The number of thiophene rings is 1. The number of rotatable bonds is 5. The molecule has 6 aromatic carbocycles. The van der Waals surface area contributed by atoms with Crippen LogP contribution in [0.25, 0.3) is 75.4 Å². The van der Waals surface area contributed by atoms with Crippen LogP contribution >= 0.6 is 11.3 Å². The van der Waals surface area contributed by atoms with E-state index in [9.17, 15) is 0 Å². The zero-order valence-corrected chi connectivity index (χ0v) is 26.4. The van der Waals surface area contributed by atoms with Crippen molar-refractivity contribution in [2.75, 3.05) is 0 Å². The lowest BCUT2D eigenvalue weighted by Gasteiger charge is -2.21. The SMILES string of the molecule is CCCC(C)C1c2ccccc2-c2cc(-c3cc(-c4ccccc4)c4ccc5sc6c7ccccc7ccc6c5c4n3)ccc21. The van der Waals surface area contributed by atoms with Gasteiger partial charge in [0.15, 0.2) is 0 Å². The van der Waals surface area contributed by atoms with Crippen LogP contribution in [0, 0.1) is 5.92 Å². The van der Waals surface area contributed by atoms with Crippen molar-refractivity contribution >= 4 is 53.2 Å². The summed E-state index contributed by atoms with van der Waals surface area (Å²) in [4.78, 5) is 5.53. The summed E-state index contributed by atoms with van der Waals surface area (Å²) in [6, 6.07) is 47.2. The summed E-state index contributed by atoms with van der Waals surface area (Å²) >= 11 is 1.88. The fraction of sp³-hybridized carbons (Fsp3) is 0.140. The summed E-state index contributed by atoms with van der Waals surface area (Å²) in [7, 11) is 0. The van der Waals surface area contributed by atoms with Crippen molar-refractivity contribution in [1.29, 1.82) is 0 Å². The fourth-order valence-corrected chi connectivity index (χ4v) is 9.16. The Bertz CT molecular complexity index is 2420. The van der Waals surface area contributed by atoms with Crippen molar-refractivity contribution < 1.29 is 0 Å². The van der Waals surface area contributed by atoms with Gasteiger partial charge in [-0.2, -0.15) is 0 Å². The Morgan fingerprint density at radius 3 is 2.31 bits per heavy atom. The third-order valence-corrected chi connectivity index (χ3v) is 11.2. The van der Waals surface area contributed by atoms with Gasteiger partial charge in [0.05, 0.1) is 11.2 Å². The van der Waals surface area contributed by atoms with Crippen molar-refractivity contribution in [3.8, 4) is 33.5 Å². The first-order valence-electron chi connectivity index (χ1n) is 16.2. The van der Waals surface area contributed by atoms with E-state index in [1.54, 1.807) is 0 Å². The summed E-state index contributed by atoms with van der Waals surface area (Å²) in [6.45, 7) is 4.72. The van der Waals surface area contributed by atoms with E-state index in [1.165, 1.54) is 88.1 Å². The second-order valence-electron chi connectivity index (χ2n) is 12.7. The fourth-order valence-electron chi connectivity index (χ4n) is 7.92. The van der Waals surface area contributed by atoms with Gasteiger partial charge in [-0.05, 0) is 68.3 Å². The van der Waals surface area contributed by atoms with Crippen LogP contribution in [-0.2, 0) is 0 Å². The normalized spacial score (nSPS) is 14.8. The van der Waals surface area contributed by atoms with Gasteiger partial charge in [0.25, 0.3) is 0 Å². The van der Waals surface area contributed by atoms with Gasteiger partial charge >= 0.3 is 0 Å². The Balaban J connectivity index is 1.32. The highest BCUT2D eigenvalue weighted by Crippen LogP contribution is 2.50. The molecule has 216 valence electrons. The first-order valence-corrected chi connectivity index (χ1v) is 17.0. The molecule has 2 atom stereocenters. The molecule has 0 fully saturated rings. The average molecular weight is 596 g/mol. The standard InChI is InChI=1S/C43H33NS/c1-3-11-26(2)40-32-17-10-9-16-31(32)37-24-29(19-20-33(37)40)38-25-36(27-12-5-4-6-13-27)34-22-23-39-41(42(34)44-38)35-21-18-28-14-7-8-15-30(28)43(35)45-39/h4-10,12-26,40H,3,11H2,1-2H3. The van der Waals surface area contributed by atoms with Gasteiger partial charge in [-0.15, -0.1) is 11.3 Å². The molecule has 0 bridgehead atoms. The van der Waals surface area contributed by atoms with Crippen LogP contribution in [0.3, 0.4) is 0 Å². The highest BCUT2D eigenvalue weighted by Gasteiger charge is 2.32. The summed E-state index contributed by atoms with van der Waals surface area (Å²) in [5.74, 6) is 1.05. The van der Waals surface area contributed by atoms with Crippen LogP contribution in [0.15, 0.2) is 127 Å². The minimum absolute atomic E-state index is 0.446. The molecule has 9 rings (SSSR count). The van der Waals surface area contributed by atoms with E-state index < -0.39 is 0 Å². The zero-order chi connectivity index (χ0) is 30.1. The van der Waals surface area contributed by atoms with Crippen molar-refractivity contribution in [2.45, 2.75) is 32.6 Å². The maximum atomic E-state index is 5.53. The minimum Gasteiger partial charge on any atom is -0.247 e. The molecule has 1 nitrogen and oxygen atoms in total. The molecule has 2 heteroatoms. The summed E-state index contributed by atoms with van der Waals surface area (Å²) in [6.07, 6.45) is 2.44. The Hall–Kier alpha value is -4.79. The van der Waals surface area contributed by atoms with Crippen molar-refractivity contribution in [1.82, 2.24) is 4.98 Å². The van der Waals surface area contributed by atoms with Gasteiger partial charge in [-0.25, -0.2) is 4.98 Å². The van der Waals surface area contributed by atoms with Crippen LogP contribution in [0.2, 0.25) is 0 Å². The first kappa shape index (κ1) is 26.6. The molecular weight excluding hydrogens is 563 g/mol. The average Bonchev–Trinajstić information content (AvgIpc) is 3.64. The van der Waals surface area contributed by atoms with Crippen LogP contribution in [0.5, 0.6) is 0 Å². The molecule has 2 heterocycles. The highest BCUT2D eigenvalue weighted by atomic mass is 32.1. The number of nitrogens with zero attached hydrogens (tertiary/aromatic N) is 1. The number of hydrogen-bond acceptors (Lipinski definition) is 2. The van der Waals surface area contributed by atoms with Gasteiger partial charge in [-0.3, -0.25) is 0 Å². The maximum absolute atomic E-state index is 5.53. The molecule has 0 radical (unpaired) electrons. The smallest absolute Gasteiger partial charge is 0.0808 e. The van der Waals surface area contributed by atoms with Crippen LogP contribution < -0.4 is 0 Å². The molecular formula is C43H33NS. The van der Waals surface area contributed by atoms with Crippen molar-refractivity contribution in [3.63, 3.8) is 0 Å². The Kier molecular flexibility index (Phi) is 6.14. The molecule has 8 aromatic rings. The molecule has 0 saturated carbocycles. The minimum atomic E-state index is 0.446. The molecule has 0 spiro atoms. The molecule has 0 aliphatic heterocycles.